The first-order valence-corrected chi connectivity index (χ1v) is 5.65. The molecule has 2 atom stereocenters. The lowest BCUT2D eigenvalue weighted by molar-refractivity contribution is 0.0813. The first kappa shape index (κ1) is 10.7. The van der Waals surface area contributed by atoms with E-state index in [0.717, 1.165) is 31.4 Å². The largest absolute Gasteiger partial charge is 0.472 e. The molecule has 2 rings (SSSR count). The van der Waals surface area contributed by atoms with Gasteiger partial charge in [0.15, 0.2) is 0 Å². The molecule has 1 N–H and O–H groups in total. The summed E-state index contributed by atoms with van der Waals surface area (Å²) < 4.78 is 10.5. The van der Waals surface area contributed by atoms with Crippen LogP contribution in [0.25, 0.3) is 0 Å². The lowest BCUT2D eigenvalue weighted by atomic mass is 10.0. The SMILES string of the molecule is OC(CCC1CCCO1)Cc1ccoc1. The summed E-state index contributed by atoms with van der Waals surface area (Å²) in [6.45, 7) is 0.891. The van der Waals surface area contributed by atoms with E-state index in [1.54, 1.807) is 12.5 Å². The third-order valence-corrected chi connectivity index (χ3v) is 2.90. The van der Waals surface area contributed by atoms with Crippen molar-refractivity contribution in [1.82, 2.24) is 0 Å². The van der Waals surface area contributed by atoms with Crippen molar-refractivity contribution in [3.8, 4) is 0 Å². The highest BCUT2D eigenvalue weighted by molar-refractivity contribution is 5.06. The molecule has 0 aromatic carbocycles. The van der Waals surface area contributed by atoms with Gasteiger partial charge in [-0.2, -0.15) is 0 Å². The monoisotopic (exact) mass is 210 g/mol. The molecule has 3 heteroatoms. The minimum absolute atomic E-state index is 0.271. The van der Waals surface area contributed by atoms with Gasteiger partial charge in [0.05, 0.1) is 24.7 Å². The Morgan fingerprint density at radius 1 is 1.53 bits per heavy atom. The van der Waals surface area contributed by atoms with Crippen LogP contribution in [0, 0.1) is 0 Å². The van der Waals surface area contributed by atoms with Gasteiger partial charge in [-0.3, -0.25) is 0 Å². The van der Waals surface area contributed by atoms with E-state index >= 15 is 0 Å². The third kappa shape index (κ3) is 3.36. The van der Waals surface area contributed by atoms with Crippen molar-refractivity contribution in [2.24, 2.45) is 0 Å². The summed E-state index contributed by atoms with van der Waals surface area (Å²) in [5.41, 5.74) is 1.06. The van der Waals surface area contributed by atoms with E-state index in [-0.39, 0.29) is 6.10 Å². The molecule has 84 valence electrons. The van der Waals surface area contributed by atoms with Gasteiger partial charge in [0.2, 0.25) is 0 Å². The molecule has 15 heavy (non-hydrogen) atoms. The average Bonchev–Trinajstić information content (AvgIpc) is 2.86. The van der Waals surface area contributed by atoms with Crippen molar-refractivity contribution >= 4 is 0 Å². The van der Waals surface area contributed by atoms with Gasteiger partial charge in [-0.05, 0) is 37.3 Å². The molecule has 1 saturated heterocycles. The highest BCUT2D eigenvalue weighted by Crippen LogP contribution is 2.18. The summed E-state index contributed by atoms with van der Waals surface area (Å²) in [7, 11) is 0. The van der Waals surface area contributed by atoms with Crippen LogP contribution in [0.2, 0.25) is 0 Å². The van der Waals surface area contributed by atoms with Crippen molar-refractivity contribution in [2.75, 3.05) is 6.61 Å². The number of rotatable bonds is 5. The molecule has 2 unspecified atom stereocenters. The molecule has 1 aromatic rings. The summed E-state index contributed by atoms with van der Waals surface area (Å²) in [6.07, 6.45) is 8.23. The zero-order valence-electron chi connectivity index (χ0n) is 8.89. The first-order valence-electron chi connectivity index (χ1n) is 5.65. The Labute approximate surface area is 90.0 Å². The van der Waals surface area contributed by atoms with E-state index < -0.39 is 0 Å². The summed E-state index contributed by atoms with van der Waals surface area (Å²) in [5, 5.41) is 9.78. The predicted octanol–water partition coefficient (Wildman–Crippen LogP) is 2.14. The zero-order chi connectivity index (χ0) is 10.5. The van der Waals surface area contributed by atoms with Crippen LogP contribution in [-0.4, -0.2) is 23.9 Å². The number of hydrogen-bond donors (Lipinski definition) is 1. The van der Waals surface area contributed by atoms with Gasteiger partial charge in [-0.1, -0.05) is 0 Å². The van der Waals surface area contributed by atoms with Crippen LogP contribution in [-0.2, 0) is 11.2 Å². The second-order valence-electron chi connectivity index (χ2n) is 4.20. The molecule has 1 aromatic heterocycles. The predicted molar refractivity (Wildman–Crippen MR) is 56.6 cm³/mol. The van der Waals surface area contributed by atoms with Gasteiger partial charge in [-0.15, -0.1) is 0 Å². The van der Waals surface area contributed by atoms with Gasteiger partial charge in [0.1, 0.15) is 0 Å². The molecule has 0 amide bonds. The highest BCUT2D eigenvalue weighted by atomic mass is 16.5. The molecule has 1 fully saturated rings. The number of furan rings is 1. The molecular weight excluding hydrogens is 192 g/mol. The summed E-state index contributed by atoms with van der Waals surface area (Å²) in [5.74, 6) is 0. The topological polar surface area (TPSA) is 42.6 Å². The minimum atomic E-state index is -0.271. The van der Waals surface area contributed by atoms with Crippen molar-refractivity contribution in [2.45, 2.75) is 44.3 Å². The summed E-state index contributed by atoms with van der Waals surface area (Å²) in [4.78, 5) is 0. The van der Waals surface area contributed by atoms with Gasteiger partial charge < -0.3 is 14.3 Å². The maximum absolute atomic E-state index is 9.78. The van der Waals surface area contributed by atoms with Gasteiger partial charge in [-0.25, -0.2) is 0 Å². The maximum Gasteiger partial charge on any atom is 0.0935 e. The van der Waals surface area contributed by atoms with E-state index in [0.29, 0.717) is 12.5 Å². The standard InChI is InChI=1S/C12H18O3/c13-11(8-10-5-7-14-9-10)3-4-12-2-1-6-15-12/h5,7,9,11-13H,1-4,6,8H2. The fourth-order valence-corrected chi connectivity index (χ4v) is 2.03. The molecule has 0 aliphatic carbocycles. The second-order valence-corrected chi connectivity index (χ2v) is 4.20. The Balaban J connectivity index is 1.66. The Kier molecular flexibility index (Phi) is 3.80. The van der Waals surface area contributed by atoms with Gasteiger partial charge in [0, 0.05) is 13.0 Å². The van der Waals surface area contributed by atoms with Crippen molar-refractivity contribution in [3.63, 3.8) is 0 Å². The average molecular weight is 210 g/mol. The maximum atomic E-state index is 9.78. The van der Waals surface area contributed by atoms with Crippen LogP contribution in [0.4, 0.5) is 0 Å². The van der Waals surface area contributed by atoms with E-state index in [1.165, 1.54) is 6.42 Å². The fourth-order valence-electron chi connectivity index (χ4n) is 2.03. The van der Waals surface area contributed by atoms with E-state index in [1.807, 2.05) is 6.07 Å². The lowest BCUT2D eigenvalue weighted by Gasteiger charge is -2.12. The fraction of sp³-hybridized carbons (Fsp3) is 0.667. The van der Waals surface area contributed by atoms with Crippen LogP contribution >= 0.6 is 0 Å². The normalized spacial score (nSPS) is 23.1. The highest BCUT2D eigenvalue weighted by Gasteiger charge is 2.17. The minimum Gasteiger partial charge on any atom is -0.472 e. The number of hydrogen-bond acceptors (Lipinski definition) is 3. The van der Waals surface area contributed by atoms with E-state index in [4.69, 9.17) is 9.15 Å². The number of aliphatic hydroxyl groups excluding tert-OH is 1. The van der Waals surface area contributed by atoms with Crippen molar-refractivity contribution in [3.05, 3.63) is 24.2 Å². The molecule has 0 radical (unpaired) electrons. The molecule has 3 nitrogen and oxygen atoms in total. The van der Waals surface area contributed by atoms with Crippen LogP contribution in [0.5, 0.6) is 0 Å². The number of aliphatic hydroxyl groups is 1. The van der Waals surface area contributed by atoms with Crippen LogP contribution in [0.1, 0.15) is 31.2 Å². The third-order valence-electron chi connectivity index (χ3n) is 2.90. The van der Waals surface area contributed by atoms with Crippen LogP contribution < -0.4 is 0 Å². The molecule has 0 bridgehead atoms. The number of ether oxygens (including phenoxy) is 1. The van der Waals surface area contributed by atoms with Crippen LogP contribution in [0.15, 0.2) is 23.0 Å². The van der Waals surface area contributed by atoms with E-state index in [2.05, 4.69) is 0 Å². The Morgan fingerprint density at radius 2 is 2.47 bits per heavy atom. The van der Waals surface area contributed by atoms with Gasteiger partial charge in [0.25, 0.3) is 0 Å². The molecule has 1 aliphatic heterocycles. The summed E-state index contributed by atoms with van der Waals surface area (Å²) >= 11 is 0. The zero-order valence-corrected chi connectivity index (χ0v) is 8.89. The van der Waals surface area contributed by atoms with Crippen LogP contribution in [0.3, 0.4) is 0 Å². The van der Waals surface area contributed by atoms with Crippen molar-refractivity contribution < 1.29 is 14.3 Å². The quantitative estimate of drug-likeness (QED) is 0.809. The molecule has 2 heterocycles. The Bertz CT molecular complexity index is 262. The molecule has 0 saturated carbocycles. The van der Waals surface area contributed by atoms with E-state index in [9.17, 15) is 5.11 Å². The second kappa shape index (κ2) is 5.33. The first-order chi connectivity index (χ1) is 7.34. The molecule has 0 spiro atoms. The van der Waals surface area contributed by atoms with Crippen molar-refractivity contribution in [1.29, 1.82) is 0 Å². The van der Waals surface area contributed by atoms with Gasteiger partial charge >= 0.3 is 0 Å². The smallest absolute Gasteiger partial charge is 0.0935 e. The molecule has 1 aliphatic rings. The lowest BCUT2D eigenvalue weighted by Crippen LogP contribution is -2.14. The molecular formula is C12H18O3. The summed E-state index contributed by atoms with van der Waals surface area (Å²) in [6, 6.07) is 1.90. The Morgan fingerprint density at radius 3 is 3.13 bits per heavy atom. The Hall–Kier alpha value is -0.800.